The van der Waals surface area contributed by atoms with E-state index in [-0.39, 0.29) is 0 Å². The number of ether oxygens (including phenoxy) is 1. The number of nitrogens with one attached hydrogen (secondary N) is 2. The molecule has 6 heteroatoms. The second kappa shape index (κ2) is 8.59. The molecule has 0 aliphatic rings. The molecule has 0 fully saturated rings. The highest BCUT2D eigenvalue weighted by molar-refractivity contribution is 6.38. The summed E-state index contributed by atoms with van der Waals surface area (Å²) >= 11 is 6.82. The van der Waals surface area contributed by atoms with Crippen molar-refractivity contribution in [1.29, 1.82) is 0 Å². The molecule has 0 spiro atoms. The van der Waals surface area contributed by atoms with Crippen LogP contribution in [0.4, 0.5) is 10.5 Å². The lowest BCUT2D eigenvalue weighted by Gasteiger charge is -2.26. The molecule has 142 valence electrons. The summed E-state index contributed by atoms with van der Waals surface area (Å²) in [5, 5.41) is 4.96. The van der Waals surface area contributed by atoms with Crippen LogP contribution in [0.15, 0.2) is 84.9 Å². The van der Waals surface area contributed by atoms with E-state index in [0.717, 1.165) is 0 Å². The highest BCUT2D eigenvalue weighted by Gasteiger charge is 2.40. The zero-order chi connectivity index (χ0) is 20.0. The lowest BCUT2D eigenvalue weighted by molar-refractivity contribution is -0.121. The Morgan fingerprint density at radius 1 is 0.821 bits per heavy atom. The maximum atomic E-state index is 13.0. The monoisotopic (exact) mass is 394 g/mol. The van der Waals surface area contributed by atoms with E-state index in [0.29, 0.717) is 22.6 Å². The van der Waals surface area contributed by atoms with Gasteiger partial charge in [0.1, 0.15) is 5.75 Å². The van der Waals surface area contributed by atoms with Crippen molar-refractivity contribution in [1.82, 2.24) is 5.32 Å². The van der Waals surface area contributed by atoms with Gasteiger partial charge in [0.15, 0.2) is 4.87 Å². The van der Waals surface area contributed by atoms with Crippen molar-refractivity contribution < 1.29 is 14.3 Å². The lowest BCUT2D eigenvalue weighted by atomic mass is 9.89. The second-order valence-corrected chi connectivity index (χ2v) is 6.59. The molecule has 28 heavy (non-hydrogen) atoms. The quantitative estimate of drug-likeness (QED) is 0.625. The van der Waals surface area contributed by atoms with Gasteiger partial charge in [-0.2, -0.15) is 0 Å². The average molecular weight is 395 g/mol. The van der Waals surface area contributed by atoms with Gasteiger partial charge >= 0.3 is 6.03 Å². The van der Waals surface area contributed by atoms with Crippen LogP contribution >= 0.6 is 11.6 Å². The van der Waals surface area contributed by atoms with Gasteiger partial charge in [0, 0.05) is 5.69 Å². The molecule has 0 heterocycles. The number of halogens is 1. The molecule has 3 rings (SSSR count). The highest BCUT2D eigenvalue weighted by Crippen LogP contribution is 2.36. The van der Waals surface area contributed by atoms with Crippen molar-refractivity contribution in [2.45, 2.75) is 4.87 Å². The van der Waals surface area contributed by atoms with Crippen LogP contribution in [0, 0.1) is 0 Å². The molecule has 2 N–H and O–H groups in total. The number of methoxy groups -OCH3 is 1. The maximum Gasteiger partial charge on any atom is 0.325 e. The van der Waals surface area contributed by atoms with E-state index >= 15 is 0 Å². The van der Waals surface area contributed by atoms with Crippen molar-refractivity contribution in [2.24, 2.45) is 0 Å². The molecule has 0 bridgehead atoms. The summed E-state index contributed by atoms with van der Waals surface area (Å²) in [5.41, 5.74) is 1.65. The molecule has 0 saturated carbocycles. The largest absolute Gasteiger partial charge is 0.497 e. The average Bonchev–Trinajstić information content (AvgIpc) is 2.74. The number of carbonyl (C=O) groups excluding carboxylic acids is 2. The Bertz CT molecular complexity index is 905. The Balaban J connectivity index is 1.82. The summed E-state index contributed by atoms with van der Waals surface area (Å²) in [7, 11) is 1.56. The molecule has 0 aliphatic heterocycles. The van der Waals surface area contributed by atoms with Crippen molar-refractivity contribution in [3.8, 4) is 5.75 Å². The van der Waals surface area contributed by atoms with Crippen LogP contribution in [0.5, 0.6) is 5.75 Å². The molecule has 0 radical (unpaired) electrons. The van der Waals surface area contributed by atoms with Crippen LogP contribution in [0.2, 0.25) is 0 Å². The first-order valence-corrected chi connectivity index (χ1v) is 8.98. The SMILES string of the molecule is COc1ccc(NC(=O)NC(=O)C(Cl)(c2ccccc2)c2ccccc2)cc1. The molecule has 0 unspecified atom stereocenters. The number of hydrogen-bond donors (Lipinski definition) is 2. The van der Waals surface area contributed by atoms with E-state index in [1.165, 1.54) is 0 Å². The third-order valence-corrected chi connectivity index (χ3v) is 4.84. The van der Waals surface area contributed by atoms with Gasteiger partial charge in [-0.25, -0.2) is 4.79 Å². The summed E-state index contributed by atoms with van der Waals surface area (Å²) < 4.78 is 5.08. The zero-order valence-electron chi connectivity index (χ0n) is 15.2. The molecular formula is C22H19ClN2O3. The van der Waals surface area contributed by atoms with Crippen LogP contribution in [0.25, 0.3) is 0 Å². The molecule has 0 saturated heterocycles. The summed E-state index contributed by atoms with van der Waals surface area (Å²) in [6.07, 6.45) is 0. The minimum Gasteiger partial charge on any atom is -0.497 e. The number of alkyl halides is 1. The van der Waals surface area contributed by atoms with Gasteiger partial charge in [-0.15, -0.1) is 0 Å². The predicted molar refractivity (Wildman–Crippen MR) is 110 cm³/mol. The van der Waals surface area contributed by atoms with E-state index in [1.54, 1.807) is 79.9 Å². The van der Waals surface area contributed by atoms with Gasteiger partial charge in [0.25, 0.3) is 5.91 Å². The number of hydrogen-bond acceptors (Lipinski definition) is 3. The van der Waals surface area contributed by atoms with Gasteiger partial charge in [-0.3, -0.25) is 10.1 Å². The summed E-state index contributed by atoms with van der Waals surface area (Å²) in [4.78, 5) is 23.9. The molecular weight excluding hydrogens is 376 g/mol. The van der Waals surface area contributed by atoms with Gasteiger partial charge in [0.05, 0.1) is 7.11 Å². The van der Waals surface area contributed by atoms with Crippen molar-refractivity contribution in [3.05, 3.63) is 96.1 Å². The second-order valence-electron chi connectivity index (χ2n) is 6.03. The number of amides is 3. The predicted octanol–water partition coefficient (Wildman–Crippen LogP) is 4.53. The van der Waals surface area contributed by atoms with Gasteiger partial charge in [-0.05, 0) is 35.4 Å². The smallest absolute Gasteiger partial charge is 0.325 e. The van der Waals surface area contributed by atoms with Gasteiger partial charge in [0.2, 0.25) is 0 Å². The fraction of sp³-hybridized carbons (Fsp3) is 0.0909. The highest BCUT2D eigenvalue weighted by atomic mass is 35.5. The van der Waals surface area contributed by atoms with Crippen LogP contribution < -0.4 is 15.4 Å². The maximum absolute atomic E-state index is 13.0. The fourth-order valence-corrected chi connectivity index (χ4v) is 3.09. The first-order valence-electron chi connectivity index (χ1n) is 8.60. The van der Waals surface area contributed by atoms with Crippen LogP contribution in [0.3, 0.4) is 0 Å². The molecule has 3 amide bonds. The molecule has 3 aromatic rings. The molecule has 0 atom stereocenters. The Kier molecular flexibility index (Phi) is 5.96. The first kappa shape index (κ1) is 19.5. The Labute approximate surface area is 168 Å². The van der Waals surface area contributed by atoms with E-state index in [9.17, 15) is 9.59 Å². The number of rotatable bonds is 5. The number of anilines is 1. The minimum absolute atomic E-state index is 0.519. The Hall–Kier alpha value is -3.31. The summed E-state index contributed by atoms with van der Waals surface area (Å²) in [6, 6.07) is 23.9. The standard InChI is InChI=1S/C22H19ClN2O3/c1-28-19-14-12-18(13-15-19)24-21(27)25-20(26)22(23,16-8-4-2-5-9-16)17-10-6-3-7-11-17/h2-15H,1H3,(H2,24,25,26,27). The molecule has 0 aromatic heterocycles. The van der Waals surface area contributed by atoms with Crippen LogP contribution in [0.1, 0.15) is 11.1 Å². The number of imide groups is 1. The molecule has 5 nitrogen and oxygen atoms in total. The lowest BCUT2D eigenvalue weighted by Crippen LogP contribution is -2.45. The normalized spacial score (nSPS) is 10.8. The third-order valence-electron chi connectivity index (χ3n) is 4.23. The number of benzene rings is 3. The van der Waals surface area contributed by atoms with Gasteiger partial charge < -0.3 is 10.1 Å². The number of carbonyl (C=O) groups is 2. The van der Waals surface area contributed by atoms with Gasteiger partial charge in [-0.1, -0.05) is 72.3 Å². The third kappa shape index (κ3) is 4.15. The van der Waals surface area contributed by atoms with E-state index in [1.807, 2.05) is 12.1 Å². The topological polar surface area (TPSA) is 67.4 Å². The molecule has 0 aliphatic carbocycles. The van der Waals surface area contributed by atoms with Crippen LogP contribution in [-0.2, 0) is 9.67 Å². The molecule has 3 aromatic carbocycles. The zero-order valence-corrected chi connectivity index (χ0v) is 15.9. The van der Waals surface area contributed by atoms with E-state index in [4.69, 9.17) is 16.3 Å². The minimum atomic E-state index is -1.54. The van der Waals surface area contributed by atoms with Crippen LogP contribution in [-0.4, -0.2) is 19.0 Å². The van der Waals surface area contributed by atoms with E-state index < -0.39 is 16.8 Å². The van der Waals surface area contributed by atoms with Crippen molar-refractivity contribution in [3.63, 3.8) is 0 Å². The van der Waals surface area contributed by atoms with Crippen molar-refractivity contribution in [2.75, 3.05) is 12.4 Å². The first-order chi connectivity index (χ1) is 13.5. The van der Waals surface area contributed by atoms with Crippen molar-refractivity contribution >= 4 is 29.2 Å². The number of urea groups is 1. The Morgan fingerprint density at radius 2 is 1.32 bits per heavy atom. The summed E-state index contributed by atoms with van der Waals surface area (Å²) in [5.74, 6) is 0.0209. The summed E-state index contributed by atoms with van der Waals surface area (Å²) in [6.45, 7) is 0. The fourth-order valence-electron chi connectivity index (χ4n) is 2.79. The van der Waals surface area contributed by atoms with E-state index in [2.05, 4.69) is 10.6 Å². The Morgan fingerprint density at radius 3 is 1.79 bits per heavy atom.